The molecule has 1 unspecified atom stereocenters. The third-order valence-electron chi connectivity index (χ3n) is 6.65. The van der Waals surface area contributed by atoms with Gasteiger partial charge in [0.25, 0.3) is 0 Å². The molecule has 2 fully saturated rings. The van der Waals surface area contributed by atoms with E-state index in [0.29, 0.717) is 22.6 Å². The van der Waals surface area contributed by atoms with Gasteiger partial charge in [-0.3, -0.25) is 0 Å². The molecule has 0 aromatic heterocycles. The van der Waals surface area contributed by atoms with Crippen LogP contribution in [0.2, 0.25) is 10.0 Å². The molecule has 1 saturated heterocycles. The van der Waals surface area contributed by atoms with Crippen molar-refractivity contribution in [3.63, 3.8) is 0 Å². The van der Waals surface area contributed by atoms with Crippen molar-refractivity contribution in [1.82, 2.24) is 4.90 Å². The second-order valence-electron chi connectivity index (χ2n) is 8.96. The van der Waals surface area contributed by atoms with Crippen molar-refractivity contribution in [3.8, 4) is 5.75 Å². The normalized spacial score (nSPS) is 19.7. The molecule has 194 valence electrons. The van der Waals surface area contributed by atoms with Gasteiger partial charge in [-0.2, -0.15) is 0 Å². The SMILES string of the molecule is CCCCCN1CCC(CCOc2ccc(Cl)c(Cl)c2)C2(C1)C(=S)CCCC2=S.O=C(O)C(=O)O. The molecule has 1 atom stereocenters. The summed E-state index contributed by atoms with van der Waals surface area (Å²) in [5.74, 6) is -2.42. The Kier molecular flexibility index (Phi) is 12.3. The van der Waals surface area contributed by atoms with Crippen LogP contribution >= 0.6 is 47.6 Å². The van der Waals surface area contributed by atoms with Crippen LogP contribution in [0.25, 0.3) is 0 Å². The van der Waals surface area contributed by atoms with Gasteiger partial charge in [-0.15, -0.1) is 0 Å². The maximum absolute atomic E-state index is 9.10. The molecule has 1 aromatic carbocycles. The summed E-state index contributed by atoms with van der Waals surface area (Å²) in [7, 11) is 0. The molecule has 1 spiro atoms. The van der Waals surface area contributed by atoms with E-state index in [-0.39, 0.29) is 5.41 Å². The predicted octanol–water partition coefficient (Wildman–Crippen LogP) is 6.34. The van der Waals surface area contributed by atoms with Crippen LogP contribution in [-0.4, -0.2) is 63.0 Å². The Labute approximate surface area is 227 Å². The van der Waals surface area contributed by atoms with Crippen molar-refractivity contribution in [2.45, 2.75) is 58.3 Å². The van der Waals surface area contributed by atoms with Crippen LogP contribution in [0.3, 0.4) is 0 Å². The number of carboxylic acid groups (broad SMARTS) is 2. The first-order chi connectivity index (χ1) is 16.6. The summed E-state index contributed by atoms with van der Waals surface area (Å²) < 4.78 is 6.01. The van der Waals surface area contributed by atoms with E-state index < -0.39 is 11.9 Å². The summed E-state index contributed by atoms with van der Waals surface area (Å²) in [6, 6.07) is 5.43. The monoisotopic (exact) mass is 561 g/mol. The zero-order valence-corrected chi connectivity index (χ0v) is 23.1. The third kappa shape index (κ3) is 8.35. The van der Waals surface area contributed by atoms with Crippen molar-refractivity contribution in [2.75, 3.05) is 26.2 Å². The molecule has 0 radical (unpaired) electrons. The Morgan fingerprint density at radius 1 is 1.11 bits per heavy atom. The Bertz CT molecular complexity index is 899. The molecule has 0 bridgehead atoms. The quantitative estimate of drug-likeness (QED) is 0.216. The number of thiocarbonyl (C=S) groups is 2. The Balaban J connectivity index is 0.000000641. The minimum Gasteiger partial charge on any atom is -0.494 e. The number of carbonyl (C=O) groups is 2. The highest BCUT2D eigenvalue weighted by atomic mass is 35.5. The smallest absolute Gasteiger partial charge is 0.414 e. The fraction of sp³-hybridized carbons (Fsp3) is 0.600. The number of likely N-dealkylation sites (tertiary alicyclic amines) is 1. The summed E-state index contributed by atoms with van der Waals surface area (Å²) in [4.78, 5) is 23.2. The van der Waals surface area contributed by atoms with Crippen LogP contribution in [-0.2, 0) is 9.59 Å². The van der Waals surface area contributed by atoms with Gasteiger partial charge in [0.1, 0.15) is 5.75 Å². The second kappa shape index (κ2) is 14.4. The van der Waals surface area contributed by atoms with Crippen LogP contribution in [0.4, 0.5) is 0 Å². The zero-order valence-electron chi connectivity index (χ0n) is 19.9. The lowest BCUT2D eigenvalue weighted by Crippen LogP contribution is -2.58. The number of benzene rings is 1. The molecule has 1 aromatic rings. The number of ether oxygens (including phenoxy) is 1. The average Bonchev–Trinajstić information content (AvgIpc) is 2.81. The van der Waals surface area contributed by atoms with Gasteiger partial charge in [0.05, 0.1) is 16.7 Å². The number of unbranched alkanes of at least 4 members (excludes halogenated alkanes) is 2. The number of hydrogen-bond acceptors (Lipinski definition) is 6. The lowest BCUT2D eigenvalue weighted by atomic mass is 9.61. The Hall–Kier alpha value is -1.32. The number of halogens is 2. The van der Waals surface area contributed by atoms with Crippen LogP contribution < -0.4 is 4.74 Å². The molecular weight excluding hydrogens is 529 g/mol. The van der Waals surface area contributed by atoms with Gasteiger partial charge in [-0.1, -0.05) is 67.4 Å². The molecule has 35 heavy (non-hydrogen) atoms. The van der Waals surface area contributed by atoms with E-state index in [9.17, 15) is 0 Å². The van der Waals surface area contributed by atoms with Gasteiger partial charge in [0.2, 0.25) is 0 Å². The van der Waals surface area contributed by atoms with Crippen LogP contribution in [0.1, 0.15) is 58.3 Å². The first kappa shape index (κ1) is 29.9. The van der Waals surface area contributed by atoms with Gasteiger partial charge in [0.15, 0.2) is 0 Å². The van der Waals surface area contributed by atoms with Gasteiger partial charge in [-0.25, -0.2) is 9.59 Å². The highest BCUT2D eigenvalue weighted by Crippen LogP contribution is 2.46. The lowest BCUT2D eigenvalue weighted by Gasteiger charge is -2.51. The molecule has 1 saturated carbocycles. The number of rotatable bonds is 8. The van der Waals surface area contributed by atoms with Gasteiger partial charge in [0, 0.05) is 27.8 Å². The topological polar surface area (TPSA) is 87.1 Å². The molecule has 0 amide bonds. The number of nitrogens with zero attached hydrogens (tertiary/aromatic N) is 1. The standard InChI is InChI=1S/C23H31Cl2NOS2.C2H2O4/c1-2-3-4-12-26-13-10-17(23(16-26)21(28)6-5-7-22(23)29)11-14-27-18-8-9-19(24)20(25)15-18;3-1(4)2(5)6/h8-9,15,17H,2-7,10-14,16H2,1H3;(H,3,4)(H,5,6). The number of piperidine rings is 1. The minimum atomic E-state index is -1.82. The second-order valence-corrected chi connectivity index (χ2v) is 10.8. The van der Waals surface area contributed by atoms with E-state index in [2.05, 4.69) is 11.8 Å². The molecule has 1 heterocycles. The van der Waals surface area contributed by atoms with Crippen molar-refractivity contribution in [3.05, 3.63) is 28.2 Å². The van der Waals surface area contributed by atoms with Crippen LogP contribution in [0, 0.1) is 11.3 Å². The Morgan fingerprint density at radius 2 is 1.77 bits per heavy atom. The first-order valence-electron chi connectivity index (χ1n) is 11.9. The molecule has 10 heteroatoms. The molecule has 2 N–H and O–H groups in total. The summed E-state index contributed by atoms with van der Waals surface area (Å²) in [6.07, 6.45) is 9.08. The van der Waals surface area contributed by atoms with Crippen molar-refractivity contribution >= 4 is 69.3 Å². The number of hydrogen-bond donors (Lipinski definition) is 2. The molecular formula is C25H33Cl2NO5S2. The van der Waals surface area contributed by atoms with E-state index in [0.717, 1.165) is 57.5 Å². The van der Waals surface area contributed by atoms with Gasteiger partial charge < -0.3 is 19.8 Å². The van der Waals surface area contributed by atoms with Crippen LogP contribution in [0.15, 0.2) is 18.2 Å². The molecule has 1 aliphatic carbocycles. The highest BCUT2D eigenvalue weighted by molar-refractivity contribution is 7.82. The Morgan fingerprint density at radius 3 is 2.34 bits per heavy atom. The average molecular weight is 563 g/mol. The summed E-state index contributed by atoms with van der Waals surface area (Å²) in [5, 5.41) is 15.9. The maximum Gasteiger partial charge on any atom is 0.414 e. The highest BCUT2D eigenvalue weighted by Gasteiger charge is 2.50. The van der Waals surface area contributed by atoms with E-state index in [1.54, 1.807) is 12.1 Å². The van der Waals surface area contributed by atoms with Crippen molar-refractivity contribution in [2.24, 2.45) is 11.3 Å². The van der Waals surface area contributed by atoms with E-state index in [1.165, 1.54) is 29.0 Å². The summed E-state index contributed by atoms with van der Waals surface area (Å²) in [6.45, 7) is 6.20. The molecule has 2 aliphatic rings. The summed E-state index contributed by atoms with van der Waals surface area (Å²) in [5.41, 5.74) is -0.0889. The van der Waals surface area contributed by atoms with Crippen molar-refractivity contribution in [1.29, 1.82) is 0 Å². The zero-order chi connectivity index (χ0) is 26.0. The van der Waals surface area contributed by atoms with Gasteiger partial charge in [-0.05, 0) is 69.7 Å². The van der Waals surface area contributed by atoms with Crippen LogP contribution in [0.5, 0.6) is 5.75 Å². The molecule has 3 rings (SSSR count). The third-order valence-corrected chi connectivity index (χ3v) is 8.53. The lowest BCUT2D eigenvalue weighted by molar-refractivity contribution is -0.159. The van der Waals surface area contributed by atoms with Crippen molar-refractivity contribution < 1.29 is 24.5 Å². The summed E-state index contributed by atoms with van der Waals surface area (Å²) >= 11 is 24.1. The number of carboxylic acids is 2. The predicted molar refractivity (Wildman–Crippen MR) is 147 cm³/mol. The minimum absolute atomic E-state index is 0.0889. The largest absolute Gasteiger partial charge is 0.494 e. The van der Waals surface area contributed by atoms with E-state index in [4.69, 9.17) is 72.2 Å². The fourth-order valence-electron chi connectivity index (χ4n) is 4.84. The maximum atomic E-state index is 9.10. The fourth-order valence-corrected chi connectivity index (χ4v) is 6.19. The van der Waals surface area contributed by atoms with Gasteiger partial charge >= 0.3 is 11.9 Å². The molecule has 6 nitrogen and oxygen atoms in total. The van der Waals surface area contributed by atoms with E-state index in [1.807, 2.05) is 6.07 Å². The first-order valence-corrected chi connectivity index (χ1v) is 13.5. The van der Waals surface area contributed by atoms with E-state index >= 15 is 0 Å². The molecule has 1 aliphatic heterocycles. The number of aliphatic carboxylic acids is 2.